The summed E-state index contributed by atoms with van der Waals surface area (Å²) in [6, 6.07) is 4.38. The van der Waals surface area contributed by atoms with E-state index in [1.54, 1.807) is 0 Å². The Morgan fingerprint density at radius 3 is 2.57 bits per heavy atom. The van der Waals surface area contributed by atoms with Crippen molar-refractivity contribution in [2.75, 3.05) is 17.2 Å². The number of aryl methyl sites for hydroxylation is 1. The number of hydrogen-bond acceptors (Lipinski definition) is 4. The fourth-order valence-electron chi connectivity index (χ4n) is 1.90. The molecule has 0 atom stereocenters. The SMILES string of the molecule is CCNc1nc(CC)nc(Nc2cc(Cl)ccc2F)c1C. The number of anilines is 3. The lowest BCUT2D eigenvalue weighted by Gasteiger charge is -2.14. The molecule has 2 rings (SSSR count). The lowest BCUT2D eigenvalue weighted by Crippen LogP contribution is -2.09. The molecule has 2 N–H and O–H groups in total. The molecule has 1 aromatic heterocycles. The van der Waals surface area contributed by atoms with Crippen LogP contribution in [0.25, 0.3) is 0 Å². The predicted molar refractivity (Wildman–Crippen MR) is 85.0 cm³/mol. The highest BCUT2D eigenvalue weighted by molar-refractivity contribution is 6.30. The maximum atomic E-state index is 13.8. The van der Waals surface area contributed by atoms with Crippen molar-refractivity contribution >= 4 is 28.9 Å². The molecule has 0 aliphatic rings. The van der Waals surface area contributed by atoms with Crippen LogP contribution in [0.3, 0.4) is 0 Å². The van der Waals surface area contributed by atoms with Gasteiger partial charge in [0.25, 0.3) is 0 Å². The van der Waals surface area contributed by atoms with Crippen LogP contribution in [-0.2, 0) is 6.42 Å². The van der Waals surface area contributed by atoms with Crippen molar-refractivity contribution in [2.24, 2.45) is 0 Å². The van der Waals surface area contributed by atoms with Crippen LogP contribution in [0, 0.1) is 12.7 Å². The van der Waals surface area contributed by atoms with E-state index >= 15 is 0 Å². The molecule has 0 unspecified atom stereocenters. The molecule has 0 amide bonds. The van der Waals surface area contributed by atoms with Gasteiger partial charge in [0.2, 0.25) is 0 Å². The Hall–Kier alpha value is -1.88. The molecule has 0 aliphatic heterocycles. The monoisotopic (exact) mass is 308 g/mol. The molecule has 0 fully saturated rings. The minimum absolute atomic E-state index is 0.300. The first-order valence-corrected chi connectivity index (χ1v) is 7.26. The van der Waals surface area contributed by atoms with Crippen LogP contribution >= 0.6 is 11.6 Å². The average Bonchev–Trinajstić information content (AvgIpc) is 2.47. The van der Waals surface area contributed by atoms with Crippen LogP contribution in [-0.4, -0.2) is 16.5 Å². The zero-order valence-corrected chi connectivity index (χ0v) is 13.1. The van der Waals surface area contributed by atoms with Gasteiger partial charge in [0, 0.05) is 23.6 Å². The zero-order chi connectivity index (χ0) is 15.4. The van der Waals surface area contributed by atoms with Crippen LogP contribution < -0.4 is 10.6 Å². The van der Waals surface area contributed by atoms with Gasteiger partial charge in [-0.05, 0) is 32.0 Å². The summed E-state index contributed by atoms with van der Waals surface area (Å²) in [7, 11) is 0. The summed E-state index contributed by atoms with van der Waals surface area (Å²) < 4.78 is 13.8. The Morgan fingerprint density at radius 2 is 1.90 bits per heavy atom. The minimum Gasteiger partial charge on any atom is -0.370 e. The molecule has 0 spiro atoms. The van der Waals surface area contributed by atoms with Crippen LogP contribution in [0.2, 0.25) is 5.02 Å². The van der Waals surface area contributed by atoms with Gasteiger partial charge in [-0.1, -0.05) is 18.5 Å². The second-order valence-corrected chi connectivity index (χ2v) is 5.03. The molecule has 2 aromatic rings. The Morgan fingerprint density at radius 1 is 1.19 bits per heavy atom. The summed E-state index contributed by atoms with van der Waals surface area (Å²) in [6.45, 7) is 6.62. The third-order valence-corrected chi connectivity index (χ3v) is 3.27. The summed E-state index contributed by atoms with van der Waals surface area (Å²) in [4.78, 5) is 8.87. The van der Waals surface area contributed by atoms with Crippen molar-refractivity contribution in [1.82, 2.24) is 9.97 Å². The number of nitrogens with one attached hydrogen (secondary N) is 2. The van der Waals surface area contributed by atoms with Crippen molar-refractivity contribution in [1.29, 1.82) is 0 Å². The van der Waals surface area contributed by atoms with Crippen LogP contribution in [0.5, 0.6) is 0 Å². The van der Waals surface area contributed by atoms with Gasteiger partial charge in [0.1, 0.15) is 23.3 Å². The third kappa shape index (κ3) is 3.61. The first-order valence-electron chi connectivity index (χ1n) is 6.88. The molecule has 0 radical (unpaired) electrons. The molecule has 0 saturated carbocycles. The molecular formula is C15H18ClFN4. The topological polar surface area (TPSA) is 49.8 Å². The second-order valence-electron chi connectivity index (χ2n) is 4.60. The standard InChI is InChI=1S/C15H18ClFN4/c1-4-13-20-14(18-5-2)9(3)15(21-13)19-12-8-10(16)6-7-11(12)17/h6-8H,4-5H2,1-3H3,(H2,18,19,20,21). The van der Waals surface area contributed by atoms with E-state index in [2.05, 4.69) is 20.6 Å². The van der Waals surface area contributed by atoms with Gasteiger partial charge in [-0.15, -0.1) is 0 Å². The Kier molecular flexibility index (Phi) is 4.96. The number of aromatic nitrogens is 2. The first kappa shape index (κ1) is 15.5. The van der Waals surface area contributed by atoms with E-state index in [0.29, 0.717) is 28.8 Å². The van der Waals surface area contributed by atoms with Crippen molar-refractivity contribution in [3.8, 4) is 0 Å². The Balaban J connectivity index is 2.43. The number of rotatable bonds is 5. The van der Waals surface area contributed by atoms with Gasteiger partial charge in [-0.25, -0.2) is 14.4 Å². The number of hydrogen-bond donors (Lipinski definition) is 2. The maximum absolute atomic E-state index is 13.8. The molecule has 0 bridgehead atoms. The summed E-state index contributed by atoms with van der Waals surface area (Å²) >= 11 is 5.91. The van der Waals surface area contributed by atoms with E-state index in [1.807, 2.05) is 20.8 Å². The zero-order valence-electron chi connectivity index (χ0n) is 12.3. The molecular weight excluding hydrogens is 291 g/mol. The lowest BCUT2D eigenvalue weighted by molar-refractivity contribution is 0.631. The van der Waals surface area contributed by atoms with Crippen molar-refractivity contribution < 1.29 is 4.39 Å². The Labute approximate surface area is 128 Å². The quantitative estimate of drug-likeness (QED) is 0.864. The van der Waals surface area contributed by atoms with E-state index in [0.717, 1.165) is 17.9 Å². The summed E-state index contributed by atoms with van der Waals surface area (Å²) in [5, 5.41) is 6.66. The van der Waals surface area contributed by atoms with E-state index in [9.17, 15) is 4.39 Å². The summed E-state index contributed by atoms with van der Waals surface area (Å²) in [5.41, 5.74) is 1.14. The lowest BCUT2D eigenvalue weighted by atomic mass is 10.2. The molecule has 0 aliphatic carbocycles. The van der Waals surface area contributed by atoms with Gasteiger partial charge in [0.15, 0.2) is 0 Å². The second kappa shape index (κ2) is 6.72. The molecule has 0 saturated heterocycles. The van der Waals surface area contributed by atoms with Gasteiger partial charge in [0.05, 0.1) is 5.69 Å². The first-order chi connectivity index (χ1) is 10.0. The third-order valence-electron chi connectivity index (χ3n) is 3.03. The fraction of sp³-hybridized carbons (Fsp3) is 0.333. The van der Waals surface area contributed by atoms with Crippen molar-refractivity contribution in [2.45, 2.75) is 27.2 Å². The highest BCUT2D eigenvalue weighted by Crippen LogP contribution is 2.27. The number of halogens is 2. The van der Waals surface area contributed by atoms with E-state index in [4.69, 9.17) is 11.6 Å². The summed E-state index contributed by atoms with van der Waals surface area (Å²) in [5.74, 6) is 1.66. The fourth-order valence-corrected chi connectivity index (χ4v) is 2.08. The van der Waals surface area contributed by atoms with E-state index in [-0.39, 0.29) is 5.82 Å². The number of benzene rings is 1. The van der Waals surface area contributed by atoms with Gasteiger partial charge >= 0.3 is 0 Å². The van der Waals surface area contributed by atoms with Crippen molar-refractivity contribution in [3.05, 3.63) is 40.4 Å². The van der Waals surface area contributed by atoms with Gasteiger partial charge in [-0.2, -0.15) is 0 Å². The normalized spacial score (nSPS) is 10.5. The van der Waals surface area contributed by atoms with Gasteiger partial charge in [-0.3, -0.25) is 0 Å². The van der Waals surface area contributed by atoms with Crippen LogP contribution in [0.1, 0.15) is 25.2 Å². The Bertz CT molecular complexity index is 646. The molecule has 112 valence electrons. The molecule has 21 heavy (non-hydrogen) atoms. The van der Waals surface area contributed by atoms with Crippen molar-refractivity contribution in [3.63, 3.8) is 0 Å². The molecule has 6 heteroatoms. The molecule has 1 heterocycles. The molecule has 4 nitrogen and oxygen atoms in total. The average molecular weight is 309 g/mol. The predicted octanol–water partition coefficient (Wildman–Crippen LogP) is 4.32. The van der Waals surface area contributed by atoms with E-state index < -0.39 is 0 Å². The smallest absolute Gasteiger partial charge is 0.146 e. The largest absolute Gasteiger partial charge is 0.370 e. The molecule has 1 aromatic carbocycles. The summed E-state index contributed by atoms with van der Waals surface area (Å²) in [6.07, 6.45) is 0.700. The highest BCUT2D eigenvalue weighted by atomic mass is 35.5. The van der Waals surface area contributed by atoms with Crippen LogP contribution in [0.15, 0.2) is 18.2 Å². The van der Waals surface area contributed by atoms with Crippen LogP contribution in [0.4, 0.5) is 21.7 Å². The highest BCUT2D eigenvalue weighted by Gasteiger charge is 2.12. The van der Waals surface area contributed by atoms with E-state index in [1.165, 1.54) is 18.2 Å². The van der Waals surface area contributed by atoms with Gasteiger partial charge < -0.3 is 10.6 Å². The number of nitrogens with zero attached hydrogens (tertiary/aromatic N) is 2. The minimum atomic E-state index is -0.375. The maximum Gasteiger partial charge on any atom is 0.146 e.